The molecule has 3 nitrogen and oxygen atoms in total. The average molecular weight is 267 g/mol. The third kappa shape index (κ3) is 4.71. The minimum absolute atomic E-state index is 0.0909. The first kappa shape index (κ1) is 14.1. The molecule has 0 unspecified atom stereocenters. The van der Waals surface area contributed by atoms with Crippen LogP contribution in [0.4, 0.5) is 4.39 Å². The van der Waals surface area contributed by atoms with Crippen LogP contribution >= 0.6 is 0 Å². The van der Waals surface area contributed by atoms with E-state index in [1.807, 2.05) is 18.2 Å². The second kappa shape index (κ2) is 7.34. The highest BCUT2D eigenvalue weighted by molar-refractivity contribution is 5.40. The van der Waals surface area contributed by atoms with E-state index in [1.165, 1.54) is 12.8 Å². The van der Waals surface area contributed by atoms with E-state index in [4.69, 9.17) is 9.47 Å². The third-order valence-electron chi connectivity index (χ3n) is 3.00. The molecule has 0 radical (unpaired) electrons. The lowest BCUT2D eigenvalue weighted by Gasteiger charge is -2.13. The van der Waals surface area contributed by atoms with Crippen molar-refractivity contribution in [3.8, 4) is 11.5 Å². The van der Waals surface area contributed by atoms with Gasteiger partial charge in [0, 0.05) is 24.2 Å². The standard InChI is InChI=1S/C15H22FNO2/c1-2-8-18-14-6-3-12(11-17-13-4-5-13)15(10-14)19-9-7-16/h3,6,10,13,17H,2,4-5,7-9,11H2,1H3. The first-order valence-electron chi connectivity index (χ1n) is 7.01. The van der Waals surface area contributed by atoms with Gasteiger partial charge in [-0.05, 0) is 25.3 Å². The van der Waals surface area contributed by atoms with Crippen molar-refractivity contribution in [1.29, 1.82) is 0 Å². The zero-order chi connectivity index (χ0) is 13.5. The first-order valence-corrected chi connectivity index (χ1v) is 7.01. The number of halogens is 1. The predicted octanol–water partition coefficient (Wildman–Crippen LogP) is 3.08. The Labute approximate surface area is 114 Å². The van der Waals surface area contributed by atoms with Crippen LogP contribution in [-0.4, -0.2) is 25.9 Å². The largest absolute Gasteiger partial charge is 0.493 e. The maximum Gasteiger partial charge on any atom is 0.127 e. The fraction of sp³-hybridized carbons (Fsp3) is 0.600. The van der Waals surface area contributed by atoms with Crippen molar-refractivity contribution >= 4 is 0 Å². The number of ether oxygens (including phenoxy) is 2. The Bertz CT molecular complexity index is 394. The highest BCUT2D eigenvalue weighted by atomic mass is 19.1. The fourth-order valence-corrected chi connectivity index (χ4v) is 1.82. The molecule has 1 aromatic rings. The summed E-state index contributed by atoms with van der Waals surface area (Å²) in [5.41, 5.74) is 1.06. The van der Waals surface area contributed by atoms with Gasteiger partial charge in [0.15, 0.2) is 0 Å². The summed E-state index contributed by atoms with van der Waals surface area (Å²) in [5, 5.41) is 3.44. The van der Waals surface area contributed by atoms with Crippen molar-refractivity contribution in [2.45, 2.75) is 38.8 Å². The van der Waals surface area contributed by atoms with Crippen LogP contribution in [0.3, 0.4) is 0 Å². The zero-order valence-electron chi connectivity index (χ0n) is 11.5. The molecule has 0 amide bonds. The van der Waals surface area contributed by atoms with Crippen LogP contribution in [0.5, 0.6) is 11.5 Å². The summed E-state index contributed by atoms with van der Waals surface area (Å²) in [6.45, 7) is 3.13. The van der Waals surface area contributed by atoms with Crippen molar-refractivity contribution in [2.24, 2.45) is 0 Å². The Kier molecular flexibility index (Phi) is 5.45. The van der Waals surface area contributed by atoms with Crippen LogP contribution in [0.15, 0.2) is 18.2 Å². The summed E-state index contributed by atoms with van der Waals surface area (Å²) in [4.78, 5) is 0. The van der Waals surface area contributed by atoms with Crippen LogP contribution in [0.2, 0.25) is 0 Å². The maximum absolute atomic E-state index is 12.3. The summed E-state index contributed by atoms with van der Waals surface area (Å²) in [5.74, 6) is 1.50. The van der Waals surface area contributed by atoms with Gasteiger partial charge in [0.05, 0.1) is 6.61 Å². The summed E-state index contributed by atoms with van der Waals surface area (Å²) >= 11 is 0. The van der Waals surface area contributed by atoms with E-state index in [-0.39, 0.29) is 6.61 Å². The lowest BCUT2D eigenvalue weighted by molar-refractivity contribution is 0.266. The molecule has 1 aliphatic rings. The van der Waals surface area contributed by atoms with E-state index in [2.05, 4.69) is 12.2 Å². The lowest BCUT2D eigenvalue weighted by atomic mass is 10.2. The minimum atomic E-state index is -0.477. The number of rotatable bonds is 9. The molecule has 1 N–H and O–H groups in total. The second-order valence-electron chi connectivity index (χ2n) is 4.81. The van der Waals surface area contributed by atoms with E-state index in [9.17, 15) is 4.39 Å². The van der Waals surface area contributed by atoms with Gasteiger partial charge in [0.2, 0.25) is 0 Å². The molecule has 0 aliphatic heterocycles. The molecule has 106 valence electrons. The molecule has 0 bridgehead atoms. The van der Waals surface area contributed by atoms with Crippen LogP contribution < -0.4 is 14.8 Å². The molecule has 0 heterocycles. The third-order valence-corrected chi connectivity index (χ3v) is 3.00. The summed E-state index contributed by atoms with van der Waals surface area (Å²) in [6, 6.07) is 6.44. The highest BCUT2D eigenvalue weighted by Crippen LogP contribution is 2.27. The molecule has 0 spiro atoms. The Hall–Kier alpha value is -1.29. The van der Waals surface area contributed by atoms with Crippen molar-refractivity contribution < 1.29 is 13.9 Å². The Morgan fingerprint density at radius 2 is 2.11 bits per heavy atom. The van der Waals surface area contributed by atoms with Gasteiger partial charge in [-0.3, -0.25) is 0 Å². The van der Waals surface area contributed by atoms with Gasteiger partial charge >= 0.3 is 0 Å². The molecule has 1 aromatic carbocycles. The number of nitrogens with one attached hydrogen (secondary N) is 1. The van der Waals surface area contributed by atoms with Crippen LogP contribution in [0, 0.1) is 0 Å². The molecule has 1 saturated carbocycles. The van der Waals surface area contributed by atoms with Gasteiger partial charge in [-0.15, -0.1) is 0 Å². The highest BCUT2D eigenvalue weighted by Gasteiger charge is 2.20. The number of benzene rings is 1. The molecule has 1 fully saturated rings. The second-order valence-corrected chi connectivity index (χ2v) is 4.81. The van der Waals surface area contributed by atoms with Crippen LogP contribution in [0.25, 0.3) is 0 Å². The summed E-state index contributed by atoms with van der Waals surface area (Å²) in [6.07, 6.45) is 3.46. The molecule has 4 heteroatoms. The summed E-state index contributed by atoms with van der Waals surface area (Å²) in [7, 11) is 0. The molecular formula is C15H22FNO2. The Balaban J connectivity index is 2.00. The van der Waals surface area contributed by atoms with Gasteiger partial charge < -0.3 is 14.8 Å². The number of hydrogen-bond donors (Lipinski definition) is 1. The summed E-state index contributed by atoms with van der Waals surface area (Å²) < 4.78 is 23.3. The van der Waals surface area contributed by atoms with E-state index < -0.39 is 6.67 Å². The molecule has 19 heavy (non-hydrogen) atoms. The topological polar surface area (TPSA) is 30.5 Å². The van der Waals surface area contributed by atoms with E-state index in [0.717, 1.165) is 30.0 Å². The fourth-order valence-electron chi connectivity index (χ4n) is 1.82. The molecule has 0 saturated heterocycles. The van der Waals surface area contributed by atoms with Crippen molar-refractivity contribution in [1.82, 2.24) is 5.32 Å². The zero-order valence-corrected chi connectivity index (χ0v) is 11.5. The van der Waals surface area contributed by atoms with Crippen molar-refractivity contribution in [3.05, 3.63) is 23.8 Å². The van der Waals surface area contributed by atoms with Gasteiger partial charge in [0.25, 0.3) is 0 Å². The van der Waals surface area contributed by atoms with E-state index in [0.29, 0.717) is 12.6 Å². The smallest absolute Gasteiger partial charge is 0.127 e. The molecule has 1 aliphatic carbocycles. The maximum atomic E-state index is 12.3. The average Bonchev–Trinajstić information content (AvgIpc) is 3.25. The van der Waals surface area contributed by atoms with Crippen LogP contribution in [-0.2, 0) is 6.54 Å². The minimum Gasteiger partial charge on any atom is -0.493 e. The van der Waals surface area contributed by atoms with Gasteiger partial charge in [-0.2, -0.15) is 0 Å². The van der Waals surface area contributed by atoms with Crippen molar-refractivity contribution in [3.63, 3.8) is 0 Å². The van der Waals surface area contributed by atoms with Gasteiger partial charge in [0.1, 0.15) is 24.8 Å². The quantitative estimate of drug-likeness (QED) is 0.746. The molecular weight excluding hydrogens is 245 g/mol. The van der Waals surface area contributed by atoms with Crippen LogP contribution in [0.1, 0.15) is 31.7 Å². The molecule has 0 aromatic heterocycles. The Morgan fingerprint density at radius 3 is 2.79 bits per heavy atom. The normalized spacial score (nSPS) is 14.4. The monoisotopic (exact) mass is 267 g/mol. The molecule has 0 atom stereocenters. The van der Waals surface area contributed by atoms with Gasteiger partial charge in [-0.25, -0.2) is 4.39 Å². The van der Waals surface area contributed by atoms with E-state index in [1.54, 1.807) is 0 Å². The Morgan fingerprint density at radius 1 is 1.26 bits per heavy atom. The SMILES string of the molecule is CCCOc1ccc(CNC2CC2)c(OCCF)c1. The predicted molar refractivity (Wildman–Crippen MR) is 73.6 cm³/mol. The van der Waals surface area contributed by atoms with Crippen molar-refractivity contribution in [2.75, 3.05) is 19.9 Å². The number of hydrogen-bond acceptors (Lipinski definition) is 3. The van der Waals surface area contributed by atoms with E-state index >= 15 is 0 Å². The molecule has 2 rings (SSSR count). The number of alkyl halides is 1. The first-order chi connectivity index (χ1) is 9.33. The van der Waals surface area contributed by atoms with Gasteiger partial charge in [-0.1, -0.05) is 13.0 Å². The lowest BCUT2D eigenvalue weighted by Crippen LogP contribution is -2.16.